The highest BCUT2D eigenvalue weighted by molar-refractivity contribution is 6.36. The van der Waals surface area contributed by atoms with E-state index in [1.165, 1.54) is 0 Å². The summed E-state index contributed by atoms with van der Waals surface area (Å²) in [6.45, 7) is 1.85. The molecule has 0 radical (unpaired) electrons. The van der Waals surface area contributed by atoms with Crippen molar-refractivity contribution in [3.63, 3.8) is 0 Å². The molecule has 7 nitrogen and oxygen atoms in total. The van der Waals surface area contributed by atoms with Crippen LogP contribution in [0.25, 0.3) is 0 Å². The summed E-state index contributed by atoms with van der Waals surface area (Å²) in [6, 6.07) is 16.6. The first-order valence-corrected chi connectivity index (χ1v) is 14.1. The molecule has 0 bridgehead atoms. The van der Waals surface area contributed by atoms with E-state index in [4.69, 9.17) is 44.3 Å². The largest absolute Gasteiger partial charge is 0.497 e. The Morgan fingerprint density at radius 3 is 2.40 bits per heavy atom. The van der Waals surface area contributed by atoms with Crippen LogP contribution in [-0.2, 0) is 22.6 Å². The number of amides is 1. The number of aliphatic imine (C=N–C) groups is 1. The van der Waals surface area contributed by atoms with Crippen molar-refractivity contribution in [3.8, 4) is 11.5 Å². The van der Waals surface area contributed by atoms with Crippen LogP contribution in [0.15, 0.2) is 59.6 Å². The van der Waals surface area contributed by atoms with Crippen LogP contribution in [0.1, 0.15) is 30.4 Å². The smallest absolute Gasteiger partial charge is 0.235 e. The molecule has 5 rings (SSSR count). The van der Waals surface area contributed by atoms with Gasteiger partial charge in [0.1, 0.15) is 23.6 Å². The van der Waals surface area contributed by atoms with Crippen molar-refractivity contribution >= 4 is 58.2 Å². The van der Waals surface area contributed by atoms with Gasteiger partial charge in [0.05, 0.1) is 35.1 Å². The molecule has 2 aliphatic heterocycles. The quantitative estimate of drug-likeness (QED) is 0.208. The summed E-state index contributed by atoms with van der Waals surface area (Å²) in [5.41, 5.74) is 2.65. The number of nitrogens with zero attached hydrogens (tertiary/aromatic N) is 3. The number of ether oxygens (including phenoxy) is 2. The first-order valence-electron chi connectivity index (χ1n) is 13.0. The number of halogens is 3. The van der Waals surface area contributed by atoms with Gasteiger partial charge in [0.2, 0.25) is 12.0 Å². The van der Waals surface area contributed by atoms with Gasteiger partial charge in [0.15, 0.2) is 0 Å². The van der Waals surface area contributed by atoms with Gasteiger partial charge in [-0.25, -0.2) is 4.79 Å². The van der Waals surface area contributed by atoms with Crippen molar-refractivity contribution in [2.75, 3.05) is 36.6 Å². The third-order valence-electron chi connectivity index (χ3n) is 7.57. The van der Waals surface area contributed by atoms with E-state index in [1.54, 1.807) is 30.2 Å². The third-order valence-corrected chi connectivity index (χ3v) is 8.42. The van der Waals surface area contributed by atoms with Gasteiger partial charge in [0, 0.05) is 30.1 Å². The van der Waals surface area contributed by atoms with Gasteiger partial charge >= 0.3 is 0 Å². The Balaban J connectivity index is 1.34. The van der Waals surface area contributed by atoms with Gasteiger partial charge in [-0.1, -0.05) is 46.9 Å². The fraction of sp³-hybridized carbons (Fsp3) is 0.333. The van der Waals surface area contributed by atoms with Gasteiger partial charge < -0.3 is 19.3 Å². The van der Waals surface area contributed by atoms with E-state index in [0.29, 0.717) is 71.8 Å². The Labute approximate surface area is 248 Å². The Morgan fingerprint density at radius 1 is 0.975 bits per heavy atom. The van der Waals surface area contributed by atoms with Crippen LogP contribution in [0.2, 0.25) is 15.1 Å². The zero-order chi connectivity index (χ0) is 28.3. The average molecular weight is 601 g/mol. The summed E-state index contributed by atoms with van der Waals surface area (Å²) in [4.78, 5) is 32.5. The van der Waals surface area contributed by atoms with Gasteiger partial charge in [-0.15, -0.1) is 0 Å². The number of anilines is 2. The minimum atomic E-state index is -0.725. The highest BCUT2D eigenvalue weighted by Crippen LogP contribution is 2.42. The van der Waals surface area contributed by atoms with Crippen LogP contribution < -0.4 is 19.3 Å². The second-order valence-electron chi connectivity index (χ2n) is 10.00. The van der Waals surface area contributed by atoms with Gasteiger partial charge in [-0.05, 0) is 67.3 Å². The lowest BCUT2D eigenvalue weighted by Gasteiger charge is -2.39. The van der Waals surface area contributed by atoms with Crippen molar-refractivity contribution in [1.82, 2.24) is 0 Å². The van der Waals surface area contributed by atoms with E-state index in [2.05, 4.69) is 9.89 Å². The predicted octanol–water partition coefficient (Wildman–Crippen LogP) is 6.89. The van der Waals surface area contributed by atoms with Crippen molar-refractivity contribution in [3.05, 3.63) is 80.8 Å². The first kappa shape index (κ1) is 28.3. The number of hydrogen-bond donors (Lipinski definition) is 0. The van der Waals surface area contributed by atoms with E-state index < -0.39 is 5.54 Å². The minimum absolute atomic E-state index is 0.00220. The monoisotopic (exact) mass is 599 g/mol. The molecule has 208 valence electrons. The molecule has 0 saturated carbocycles. The van der Waals surface area contributed by atoms with Gasteiger partial charge in [-0.3, -0.25) is 4.79 Å². The molecule has 40 heavy (non-hydrogen) atoms. The van der Waals surface area contributed by atoms with E-state index in [1.807, 2.05) is 42.5 Å². The molecular weight excluding hydrogens is 573 g/mol. The number of rotatable bonds is 8. The summed E-state index contributed by atoms with van der Waals surface area (Å²) < 4.78 is 11.6. The first-order chi connectivity index (χ1) is 19.3. The van der Waals surface area contributed by atoms with Gasteiger partial charge in [0.25, 0.3) is 0 Å². The maximum atomic E-state index is 13.0. The lowest BCUT2D eigenvalue weighted by molar-refractivity contribution is -0.119. The molecule has 3 aromatic rings. The lowest BCUT2D eigenvalue weighted by atomic mass is 9.88. The van der Waals surface area contributed by atoms with Crippen molar-refractivity contribution < 1.29 is 19.1 Å². The molecule has 0 unspecified atom stereocenters. The Bertz CT molecular complexity index is 1450. The highest BCUT2D eigenvalue weighted by Gasteiger charge is 2.37. The second kappa shape index (κ2) is 12.1. The number of benzene rings is 3. The zero-order valence-electron chi connectivity index (χ0n) is 22.0. The molecule has 1 fully saturated rings. The van der Waals surface area contributed by atoms with E-state index >= 15 is 0 Å². The molecule has 0 N–H and O–H groups in total. The van der Waals surface area contributed by atoms with Crippen LogP contribution in [0, 0.1) is 0 Å². The summed E-state index contributed by atoms with van der Waals surface area (Å²) >= 11 is 19.1. The normalized spacial score (nSPS) is 16.2. The SMILES string of the molecule is COc1ccc(CN2C(=O)CCc3c(OCC4(N=C=O)CCN(c5ccc(Cl)cc5Cl)CC4)ccc(Cl)c32)cc1. The maximum absolute atomic E-state index is 13.0. The lowest BCUT2D eigenvalue weighted by Crippen LogP contribution is -2.47. The molecular formula is C30H28Cl3N3O4. The molecule has 0 aliphatic carbocycles. The van der Waals surface area contributed by atoms with E-state index in [-0.39, 0.29) is 12.5 Å². The molecule has 0 aromatic heterocycles. The van der Waals surface area contributed by atoms with Crippen LogP contribution in [0.4, 0.5) is 11.4 Å². The Hall–Kier alpha value is -3.22. The Kier molecular flexibility index (Phi) is 8.57. The van der Waals surface area contributed by atoms with Crippen LogP contribution in [0.3, 0.4) is 0 Å². The molecule has 3 aromatic carbocycles. The maximum Gasteiger partial charge on any atom is 0.235 e. The van der Waals surface area contributed by atoms with E-state index in [0.717, 1.165) is 22.6 Å². The third kappa shape index (κ3) is 5.93. The molecule has 0 spiro atoms. The molecule has 2 aliphatic rings. The molecule has 0 atom stereocenters. The van der Waals surface area contributed by atoms with Crippen molar-refractivity contribution in [2.45, 2.75) is 37.8 Å². The summed E-state index contributed by atoms with van der Waals surface area (Å²) in [5, 5.41) is 1.64. The average Bonchev–Trinajstić information content (AvgIpc) is 2.95. The standard InChI is InChI=1S/C30H28Cl3N3O4/c1-39-22-5-2-20(3-6-22)17-36-28(38)11-7-23-27(10-8-24(32)29(23)36)40-18-30(34-19-37)12-14-35(15-13-30)26-9-4-21(31)16-25(26)33/h2-6,8-10,16H,7,11-15,17-18H2,1H3. The summed E-state index contributed by atoms with van der Waals surface area (Å²) in [7, 11) is 1.61. The van der Waals surface area contributed by atoms with Crippen LogP contribution >= 0.6 is 34.8 Å². The number of carbonyl (C=O) groups excluding carboxylic acids is 2. The Morgan fingerprint density at radius 2 is 1.73 bits per heavy atom. The number of fused-ring (bicyclic) bond motifs is 1. The molecule has 1 amide bonds. The van der Waals surface area contributed by atoms with Gasteiger partial charge in [-0.2, -0.15) is 4.99 Å². The number of methoxy groups -OCH3 is 1. The van der Waals surface area contributed by atoms with E-state index in [9.17, 15) is 9.59 Å². The number of hydrogen-bond acceptors (Lipinski definition) is 6. The summed E-state index contributed by atoms with van der Waals surface area (Å²) in [5.74, 6) is 1.38. The molecule has 1 saturated heterocycles. The number of isocyanates is 1. The highest BCUT2D eigenvalue weighted by atomic mass is 35.5. The molecule has 2 heterocycles. The number of carbonyl (C=O) groups is 1. The number of piperidine rings is 1. The van der Waals surface area contributed by atoms with Crippen LogP contribution in [0.5, 0.6) is 11.5 Å². The topological polar surface area (TPSA) is 71.4 Å². The van der Waals surface area contributed by atoms with Crippen molar-refractivity contribution in [2.24, 2.45) is 4.99 Å². The molecule has 10 heteroatoms. The fourth-order valence-electron chi connectivity index (χ4n) is 5.33. The summed E-state index contributed by atoms with van der Waals surface area (Å²) in [6.07, 6.45) is 3.77. The van der Waals surface area contributed by atoms with Crippen molar-refractivity contribution in [1.29, 1.82) is 0 Å². The fourth-order valence-corrected chi connectivity index (χ4v) is 6.14. The second-order valence-corrected chi connectivity index (χ2v) is 11.3. The zero-order valence-corrected chi connectivity index (χ0v) is 24.2. The van der Waals surface area contributed by atoms with Crippen LogP contribution in [-0.4, -0.2) is 44.3 Å². The minimum Gasteiger partial charge on any atom is -0.497 e. The predicted molar refractivity (Wildman–Crippen MR) is 158 cm³/mol.